The zero-order valence-electron chi connectivity index (χ0n) is 10.6. The van der Waals surface area contributed by atoms with E-state index in [1.807, 2.05) is 26.8 Å². The highest BCUT2D eigenvalue weighted by Gasteiger charge is 2.24. The maximum absolute atomic E-state index is 12.1. The SMILES string of the molecule is CCC(C)(CCCl)NC(=O)c1cncc(C)c1. The quantitative estimate of drug-likeness (QED) is 0.821. The molecule has 1 amide bonds. The van der Waals surface area contributed by atoms with Gasteiger partial charge in [-0.15, -0.1) is 11.6 Å². The van der Waals surface area contributed by atoms with Crippen molar-refractivity contribution in [3.63, 3.8) is 0 Å². The van der Waals surface area contributed by atoms with Gasteiger partial charge in [0, 0.05) is 23.8 Å². The first kappa shape index (κ1) is 14.0. The van der Waals surface area contributed by atoms with Crippen LogP contribution >= 0.6 is 11.6 Å². The summed E-state index contributed by atoms with van der Waals surface area (Å²) in [5.41, 5.74) is 1.33. The molecule has 1 aromatic heterocycles. The molecule has 0 saturated heterocycles. The number of alkyl halides is 1. The second-order valence-electron chi connectivity index (χ2n) is 4.56. The number of nitrogens with zero attached hydrogens (tertiary/aromatic N) is 1. The number of pyridine rings is 1. The summed E-state index contributed by atoms with van der Waals surface area (Å²) in [5, 5.41) is 3.02. The molecule has 0 fully saturated rings. The second-order valence-corrected chi connectivity index (χ2v) is 4.94. The highest BCUT2D eigenvalue weighted by Crippen LogP contribution is 2.16. The molecule has 0 aliphatic carbocycles. The van der Waals surface area contributed by atoms with Gasteiger partial charge in [-0.05, 0) is 38.3 Å². The summed E-state index contributed by atoms with van der Waals surface area (Å²) in [6.07, 6.45) is 4.93. The smallest absolute Gasteiger partial charge is 0.253 e. The Bertz CT molecular complexity index is 395. The third-order valence-corrected chi connectivity index (χ3v) is 3.17. The van der Waals surface area contributed by atoms with Crippen LogP contribution in [0.5, 0.6) is 0 Å². The van der Waals surface area contributed by atoms with Crippen molar-refractivity contribution in [1.29, 1.82) is 0 Å². The highest BCUT2D eigenvalue weighted by atomic mass is 35.5. The average Bonchev–Trinajstić information content (AvgIpc) is 2.29. The molecule has 1 atom stereocenters. The van der Waals surface area contributed by atoms with Crippen molar-refractivity contribution in [3.8, 4) is 0 Å². The number of rotatable bonds is 5. The summed E-state index contributed by atoms with van der Waals surface area (Å²) in [7, 11) is 0. The molecule has 0 aliphatic heterocycles. The van der Waals surface area contributed by atoms with E-state index >= 15 is 0 Å². The number of nitrogens with one attached hydrogen (secondary N) is 1. The van der Waals surface area contributed by atoms with E-state index in [1.165, 1.54) is 0 Å². The van der Waals surface area contributed by atoms with E-state index in [9.17, 15) is 4.79 Å². The fraction of sp³-hybridized carbons (Fsp3) is 0.538. The van der Waals surface area contributed by atoms with Crippen LogP contribution in [-0.2, 0) is 0 Å². The van der Waals surface area contributed by atoms with E-state index in [0.29, 0.717) is 11.4 Å². The van der Waals surface area contributed by atoms with Gasteiger partial charge in [0.1, 0.15) is 0 Å². The first-order valence-corrected chi connectivity index (χ1v) is 6.34. The van der Waals surface area contributed by atoms with Gasteiger partial charge in [0.2, 0.25) is 0 Å². The van der Waals surface area contributed by atoms with Crippen LogP contribution in [-0.4, -0.2) is 22.3 Å². The molecule has 1 N–H and O–H groups in total. The Hall–Kier alpha value is -1.09. The van der Waals surface area contributed by atoms with Gasteiger partial charge in [-0.1, -0.05) is 6.92 Å². The van der Waals surface area contributed by atoms with Gasteiger partial charge in [-0.25, -0.2) is 0 Å². The lowest BCUT2D eigenvalue weighted by atomic mass is 9.95. The molecular weight excluding hydrogens is 236 g/mol. The minimum Gasteiger partial charge on any atom is -0.347 e. The molecule has 0 saturated carbocycles. The van der Waals surface area contributed by atoms with Gasteiger partial charge < -0.3 is 5.32 Å². The molecule has 0 aliphatic rings. The summed E-state index contributed by atoms with van der Waals surface area (Å²) < 4.78 is 0. The molecule has 0 spiro atoms. The van der Waals surface area contributed by atoms with Gasteiger partial charge in [0.15, 0.2) is 0 Å². The molecule has 1 rings (SSSR count). The number of carbonyl (C=O) groups excluding carboxylic acids is 1. The minimum atomic E-state index is -0.247. The highest BCUT2D eigenvalue weighted by molar-refractivity contribution is 6.17. The number of hydrogen-bond acceptors (Lipinski definition) is 2. The molecule has 1 heterocycles. The summed E-state index contributed by atoms with van der Waals surface area (Å²) in [4.78, 5) is 16.1. The second kappa shape index (κ2) is 6.01. The van der Waals surface area contributed by atoms with E-state index in [-0.39, 0.29) is 11.4 Å². The normalized spacial score (nSPS) is 14.1. The first-order valence-electron chi connectivity index (χ1n) is 5.81. The van der Waals surface area contributed by atoms with Crippen LogP contribution in [0, 0.1) is 6.92 Å². The zero-order valence-corrected chi connectivity index (χ0v) is 11.3. The Morgan fingerprint density at radius 2 is 2.24 bits per heavy atom. The summed E-state index contributed by atoms with van der Waals surface area (Å²) in [6.45, 7) is 5.97. The van der Waals surface area contributed by atoms with Crippen LogP contribution in [0.25, 0.3) is 0 Å². The van der Waals surface area contributed by atoms with E-state index in [1.54, 1.807) is 12.4 Å². The number of hydrogen-bond donors (Lipinski definition) is 1. The Morgan fingerprint density at radius 3 is 2.76 bits per heavy atom. The summed E-state index contributed by atoms with van der Waals surface area (Å²) in [5.74, 6) is 0.451. The van der Waals surface area contributed by atoms with Crippen molar-refractivity contribution in [3.05, 3.63) is 29.6 Å². The average molecular weight is 255 g/mol. The van der Waals surface area contributed by atoms with Crippen molar-refractivity contribution >= 4 is 17.5 Å². The van der Waals surface area contributed by atoms with Crippen LogP contribution in [0.1, 0.15) is 42.6 Å². The number of aryl methyl sites for hydroxylation is 1. The minimum absolute atomic E-state index is 0.0873. The van der Waals surface area contributed by atoms with Crippen molar-refractivity contribution < 1.29 is 4.79 Å². The maximum atomic E-state index is 12.1. The van der Waals surface area contributed by atoms with Gasteiger partial charge in [-0.3, -0.25) is 9.78 Å². The molecular formula is C13H19ClN2O. The lowest BCUT2D eigenvalue weighted by Gasteiger charge is -2.29. The van der Waals surface area contributed by atoms with Crippen LogP contribution in [0.4, 0.5) is 0 Å². The van der Waals surface area contributed by atoms with Crippen molar-refractivity contribution in [2.24, 2.45) is 0 Å². The molecule has 3 nitrogen and oxygen atoms in total. The number of carbonyl (C=O) groups is 1. The van der Waals surface area contributed by atoms with Crippen molar-refractivity contribution in [2.75, 3.05) is 5.88 Å². The zero-order chi connectivity index (χ0) is 12.9. The molecule has 0 bridgehead atoms. The maximum Gasteiger partial charge on any atom is 0.253 e. The van der Waals surface area contributed by atoms with E-state index in [0.717, 1.165) is 18.4 Å². The number of aromatic nitrogens is 1. The lowest BCUT2D eigenvalue weighted by Crippen LogP contribution is -2.45. The third kappa shape index (κ3) is 4.00. The Morgan fingerprint density at radius 1 is 1.53 bits per heavy atom. The Kier molecular flexibility index (Phi) is 4.94. The standard InChI is InChI=1S/C13H19ClN2O/c1-4-13(3,5-6-14)16-12(17)11-7-10(2)8-15-9-11/h7-9H,4-6H2,1-3H3,(H,16,17). The fourth-order valence-corrected chi connectivity index (χ4v) is 1.98. The van der Waals surface area contributed by atoms with Gasteiger partial charge in [-0.2, -0.15) is 0 Å². The van der Waals surface area contributed by atoms with Gasteiger partial charge in [0.05, 0.1) is 5.56 Å². The van der Waals surface area contributed by atoms with E-state index in [4.69, 9.17) is 11.6 Å². The van der Waals surface area contributed by atoms with Crippen LogP contribution in [0.15, 0.2) is 18.5 Å². The van der Waals surface area contributed by atoms with E-state index < -0.39 is 0 Å². The Balaban J connectivity index is 2.77. The van der Waals surface area contributed by atoms with Crippen LogP contribution < -0.4 is 5.32 Å². The monoisotopic (exact) mass is 254 g/mol. The number of amides is 1. The predicted octanol–water partition coefficient (Wildman–Crippen LogP) is 2.92. The molecule has 1 unspecified atom stereocenters. The third-order valence-electron chi connectivity index (χ3n) is 2.98. The largest absolute Gasteiger partial charge is 0.347 e. The molecule has 0 aromatic carbocycles. The molecule has 94 valence electrons. The molecule has 4 heteroatoms. The summed E-state index contributed by atoms with van der Waals surface area (Å²) >= 11 is 5.76. The first-order chi connectivity index (χ1) is 8.00. The van der Waals surface area contributed by atoms with E-state index in [2.05, 4.69) is 10.3 Å². The van der Waals surface area contributed by atoms with Crippen molar-refractivity contribution in [2.45, 2.75) is 39.2 Å². The number of halogens is 1. The Labute approximate surface area is 108 Å². The van der Waals surface area contributed by atoms with Crippen molar-refractivity contribution in [1.82, 2.24) is 10.3 Å². The van der Waals surface area contributed by atoms with Crippen LogP contribution in [0.3, 0.4) is 0 Å². The molecule has 17 heavy (non-hydrogen) atoms. The van der Waals surface area contributed by atoms with Crippen LogP contribution in [0.2, 0.25) is 0 Å². The van der Waals surface area contributed by atoms with Gasteiger partial charge in [0.25, 0.3) is 5.91 Å². The topological polar surface area (TPSA) is 42.0 Å². The molecule has 0 radical (unpaired) electrons. The van der Waals surface area contributed by atoms with Gasteiger partial charge >= 0.3 is 0 Å². The fourth-order valence-electron chi connectivity index (χ4n) is 1.56. The molecule has 1 aromatic rings. The lowest BCUT2D eigenvalue weighted by molar-refractivity contribution is 0.0901. The predicted molar refractivity (Wildman–Crippen MR) is 70.5 cm³/mol. The summed E-state index contributed by atoms with van der Waals surface area (Å²) in [6, 6.07) is 1.83.